The topological polar surface area (TPSA) is 15.3 Å². The predicted molar refractivity (Wildman–Crippen MR) is 69.0 cm³/mol. The minimum Gasteiger partial charge on any atom is -0.311 e. The molecule has 0 spiro atoms. The van der Waals surface area contributed by atoms with Gasteiger partial charge in [-0.25, -0.2) is 4.39 Å². The Bertz CT molecular complexity index is 331. The molecule has 16 heavy (non-hydrogen) atoms. The van der Waals surface area contributed by atoms with Crippen molar-refractivity contribution in [1.29, 1.82) is 0 Å². The van der Waals surface area contributed by atoms with Gasteiger partial charge >= 0.3 is 0 Å². The van der Waals surface area contributed by atoms with Gasteiger partial charge in [-0.3, -0.25) is 0 Å². The quantitative estimate of drug-likeness (QED) is 0.810. The van der Waals surface area contributed by atoms with Crippen molar-refractivity contribution in [2.75, 3.05) is 26.7 Å². The van der Waals surface area contributed by atoms with Gasteiger partial charge < -0.3 is 10.2 Å². The van der Waals surface area contributed by atoms with Crippen molar-refractivity contribution in [3.63, 3.8) is 0 Å². The number of hydrogen-bond acceptors (Lipinski definition) is 2. The van der Waals surface area contributed by atoms with Gasteiger partial charge in [-0.1, -0.05) is 22.9 Å². The summed E-state index contributed by atoms with van der Waals surface area (Å²) in [6.45, 7) is 5.58. The van der Waals surface area contributed by atoms with Crippen LogP contribution in [0.3, 0.4) is 0 Å². The molecule has 0 unspecified atom stereocenters. The van der Waals surface area contributed by atoms with E-state index in [0.717, 1.165) is 24.1 Å². The fourth-order valence-electron chi connectivity index (χ4n) is 1.33. The van der Waals surface area contributed by atoms with Gasteiger partial charge in [0.1, 0.15) is 5.82 Å². The minimum absolute atomic E-state index is 0.153. The summed E-state index contributed by atoms with van der Waals surface area (Å²) in [6, 6.07) is 5.01. The van der Waals surface area contributed by atoms with Gasteiger partial charge in [0.25, 0.3) is 0 Å². The van der Waals surface area contributed by atoms with E-state index in [4.69, 9.17) is 0 Å². The van der Waals surface area contributed by atoms with E-state index in [1.807, 2.05) is 6.07 Å². The van der Waals surface area contributed by atoms with Crippen molar-refractivity contribution in [2.45, 2.75) is 13.5 Å². The molecule has 2 nitrogen and oxygen atoms in total. The molecule has 4 heteroatoms. The predicted octanol–water partition coefficient (Wildman–Crippen LogP) is 2.63. The number of nitrogens with zero attached hydrogens (tertiary/aromatic N) is 1. The van der Waals surface area contributed by atoms with Crippen molar-refractivity contribution in [2.24, 2.45) is 0 Å². The van der Waals surface area contributed by atoms with Crippen LogP contribution in [0.5, 0.6) is 0 Å². The number of rotatable bonds is 6. The summed E-state index contributed by atoms with van der Waals surface area (Å²) in [7, 11) is 2.07. The molecule has 0 atom stereocenters. The van der Waals surface area contributed by atoms with E-state index >= 15 is 0 Å². The van der Waals surface area contributed by atoms with Crippen molar-refractivity contribution >= 4 is 15.9 Å². The molecule has 0 aliphatic heterocycles. The van der Waals surface area contributed by atoms with Crippen LogP contribution in [0.1, 0.15) is 12.5 Å². The molecule has 1 aromatic rings. The van der Waals surface area contributed by atoms with Crippen LogP contribution in [-0.2, 0) is 6.54 Å². The Hall–Kier alpha value is -0.450. The zero-order chi connectivity index (χ0) is 12.0. The summed E-state index contributed by atoms with van der Waals surface area (Å²) in [6.07, 6.45) is 0. The first-order valence-electron chi connectivity index (χ1n) is 5.46. The first-order valence-corrected chi connectivity index (χ1v) is 6.26. The lowest BCUT2D eigenvalue weighted by Crippen LogP contribution is -2.28. The number of benzene rings is 1. The molecule has 0 saturated heterocycles. The van der Waals surface area contributed by atoms with E-state index in [1.165, 1.54) is 6.07 Å². The summed E-state index contributed by atoms with van der Waals surface area (Å²) in [5.74, 6) is -0.153. The van der Waals surface area contributed by atoms with Gasteiger partial charge in [-0.2, -0.15) is 0 Å². The van der Waals surface area contributed by atoms with E-state index in [0.29, 0.717) is 12.1 Å². The van der Waals surface area contributed by atoms with Crippen LogP contribution in [0.4, 0.5) is 4.39 Å². The highest BCUT2D eigenvalue weighted by molar-refractivity contribution is 9.10. The second-order valence-electron chi connectivity index (χ2n) is 3.81. The van der Waals surface area contributed by atoms with Crippen molar-refractivity contribution in [3.8, 4) is 0 Å². The van der Waals surface area contributed by atoms with Crippen LogP contribution >= 0.6 is 15.9 Å². The number of nitrogens with one attached hydrogen (secondary N) is 1. The lowest BCUT2D eigenvalue weighted by atomic mass is 10.2. The fraction of sp³-hybridized carbons (Fsp3) is 0.500. The average molecular weight is 289 g/mol. The molecule has 1 N–H and O–H groups in total. The number of hydrogen-bond donors (Lipinski definition) is 1. The Balaban J connectivity index is 2.34. The SMILES string of the molecule is CCN(C)CCNCc1cc(Br)ccc1F. The average Bonchev–Trinajstić information content (AvgIpc) is 2.28. The first kappa shape index (κ1) is 13.6. The van der Waals surface area contributed by atoms with Crippen molar-refractivity contribution in [1.82, 2.24) is 10.2 Å². The molecule has 0 saturated carbocycles. The van der Waals surface area contributed by atoms with Crippen molar-refractivity contribution in [3.05, 3.63) is 34.1 Å². The third-order valence-electron chi connectivity index (χ3n) is 2.53. The molecule has 0 aromatic heterocycles. The molecular weight excluding hydrogens is 271 g/mol. The van der Waals surface area contributed by atoms with Crippen molar-refractivity contribution < 1.29 is 4.39 Å². The fourth-order valence-corrected chi connectivity index (χ4v) is 1.74. The maximum Gasteiger partial charge on any atom is 0.127 e. The molecule has 0 radical (unpaired) electrons. The van der Waals surface area contributed by atoms with Crippen LogP contribution in [0.25, 0.3) is 0 Å². The smallest absolute Gasteiger partial charge is 0.127 e. The number of likely N-dealkylation sites (N-methyl/N-ethyl adjacent to an activating group) is 1. The maximum absolute atomic E-state index is 13.4. The van der Waals surface area contributed by atoms with Crippen LogP contribution in [0.15, 0.2) is 22.7 Å². The van der Waals surface area contributed by atoms with Gasteiger partial charge in [0.15, 0.2) is 0 Å². The van der Waals surface area contributed by atoms with E-state index in [2.05, 4.69) is 40.1 Å². The van der Waals surface area contributed by atoms with Crippen LogP contribution in [-0.4, -0.2) is 31.6 Å². The van der Waals surface area contributed by atoms with Crippen LogP contribution < -0.4 is 5.32 Å². The van der Waals surface area contributed by atoms with Gasteiger partial charge in [0, 0.05) is 29.7 Å². The minimum atomic E-state index is -0.153. The second-order valence-corrected chi connectivity index (χ2v) is 4.72. The molecule has 90 valence electrons. The normalized spacial score (nSPS) is 11.1. The summed E-state index contributed by atoms with van der Waals surface area (Å²) < 4.78 is 14.3. The molecular formula is C12H18BrFN2. The monoisotopic (exact) mass is 288 g/mol. The molecule has 0 bridgehead atoms. The Kier molecular flexibility index (Phi) is 5.95. The van der Waals surface area contributed by atoms with Gasteiger partial charge in [-0.15, -0.1) is 0 Å². The molecule has 0 aliphatic carbocycles. The largest absolute Gasteiger partial charge is 0.311 e. The Labute approximate surface area is 105 Å². The third kappa shape index (κ3) is 4.60. The first-order chi connectivity index (χ1) is 7.63. The van der Waals surface area contributed by atoms with E-state index < -0.39 is 0 Å². The maximum atomic E-state index is 13.4. The van der Waals surface area contributed by atoms with Crippen LogP contribution in [0.2, 0.25) is 0 Å². The second kappa shape index (κ2) is 6.99. The molecule has 0 heterocycles. The van der Waals surface area contributed by atoms with E-state index in [1.54, 1.807) is 6.07 Å². The highest BCUT2D eigenvalue weighted by Crippen LogP contribution is 2.15. The van der Waals surface area contributed by atoms with Gasteiger partial charge in [-0.05, 0) is 31.8 Å². The van der Waals surface area contributed by atoms with E-state index in [-0.39, 0.29) is 5.82 Å². The molecule has 0 aliphatic rings. The van der Waals surface area contributed by atoms with E-state index in [9.17, 15) is 4.39 Å². The highest BCUT2D eigenvalue weighted by atomic mass is 79.9. The Morgan fingerprint density at radius 1 is 1.44 bits per heavy atom. The summed E-state index contributed by atoms with van der Waals surface area (Å²) in [5.41, 5.74) is 0.702. The van der Waals surface area contributed by atoms with Gasteiger partial charge in [0.05, 0.1) is 0 Å². The molecule has 0 amide bonds. The lowest BCUT2D eigenvalue weighted by molar-refractivity contribution is 0.348. The third-order valence-corrected chi connectivity index (χ3v) is 3.03. The summed E-state index contributed by atoms with van der Waals surface area (Å²) in [5, 5.41) is 3.23. The molecule has 1 aromatic carbocycles. The Morgan fingerprint density at radius 3 is 2.88 bits per heavy atom. The molecule has 0 fully saturated rings. The molecule has 1 rings (SSSR count). The summed E-state index contributed by atoms with van der Waals surface area (Å²) in [4.78, 5) is 2.21. The highest BCUT2D eigenvalue weighted by Gasteiger charge is 2.02. The lowest BCUT2D eigenvalue weighted by Gasteiger charge is -2.14. The Morgan fingerprint density at radius 2 is 2.19 bits per heavy atom. The summed E-state index contributed by atoms with van der Waals surface area (Å²) >= 11 is 3.34. The standard InChI is InChI=1S/C12H18BrFN2/c1-3-16(2)7-6-15-9-10-8-11(13)4-5-12(10)14/h4-5,8,15H,3,6-7,9H2,1-2H3. The zero-order valence-electron chi connectivity index (χ0n) is 9.76. The van der Waals surface area contributed by atoms with Crippen LogP contribution in [0, 0.1) is 5.82 Å². The number of halogens is 2. The zero-order valence-corrected chi connectivity index (χ0v) is 11.3. The van der Waals surface area contributed by atoms with Gasteiger partial charge in [0.2, 0.25) is 0 Å².